The molecular formula is C17H27NOS. The van der Waals surface area contributed by atoms with Crippen molar-refractivity contribution in [3.05, 3.63) is 35.9 Å². The van der Waals surface area contributed by atoms with Crippen LogP contribution >= 0.6 is 0 Å². The van der Waals surface area contributed by atoms with Crippen molar-refractivity contribution in [2.45, 2.75) is 50.2 Å². The topological polar surface area (TPSA) is 43.1 Å². The van der Waals surface area contributed by atoms with Crippen LogP contribution in [0.1, 0.15) is 50.5 Å². The fraction of sp³-hybridized carbons (Fsp3) is 0.647. The lowest BCUT2D eigenvalue weighted by molar-refractivity contribution is 0.338. The molecule has 3 heteroatoms. The van der Waals surface area contributed by atoms with Crippen molar-refractivity contribution in [2.75, 3.05) is 12.3 Å². The van der Waals surface area contributed by atoms with Crippen molar-refractivity contribution in [3.63, 3.8) is 0 Å². The van der Waals surface area contributed by atoms with Crippen LogP contribution in [-0.4, -0.2) is 21.8 Å². The second kappa shape index (κ2) is 7.94. The number of hydrogen-bond donors (Lipinski definition) is 1. The highest BCUT2D eigenvalue weighted by Crippen LogP contribution is 2.38. The third-order valence-corrected chi connectivity index (χ3v) is 6.48. The Balaban J connectivity index is 2.05. The average Bonchev–Trinajstić information content (AvgIpc) is 2.52. The zero-order valence-corrected chi connectivity index (χ0v) is 13.3. The molecule has 1 aromatic carbocycles. The van der Waals surface area contributed by atoms with Gasteiger partial charge in [0.15, 0.2) is 0 Å². The van der Waals surface area contributed by atoms with E-state index in [1.165, 1.54) is 12.0 Å². The molecule has 1 aliphatic carbocycles. The van der Waals surface area contributed by atoms with Gasteiger partial charge in [0.05, 0.1) is 0 Å². The van der Waals surface area contributed by atoms with Gasteiger partial charge in [0.1, 0.15) is 0 Å². The van der Waals surface area contributed by atoms with Gasteiger partial charge < -0.3 is 5.73 Å². The monoisotopic (exact) mass is 293 g/mol. The van der Waals surface area contributed by atoms with Crippen LogP contribution < -0.4 is 5.73 Å². The van der Waals surface area contributed by atoms with Crippen molar-refractivity contribution < 1.29 is 4.21 Å². The van der Waals surface area contributed by atoms with E-state index >= 15 is 0 Å². The lowest BCUT2D eigenvalue weighted by Gasteiger charge is -2.35. The molecule has 0 saturated heterocycles. The van der Waals surface area contributed by atoms with E-state index in [1.807, 2.05) is 0 Å². The van der Waals surface area contributed by atoms with Gasteiger partial charge in [0.25, 0.3) is 0 Å². The minimum absolute atomic E-state index is 0.297. The Labute approximate surface area is 125 Å². The zero-order chi connectivity index (χ0) is 14.4. The molecule has 112 valence electrons. The second-order valence-corrected chi connectivity index (χ2v) is 7.67. The van der Waals surface area contributed by atoms with Gasteiger partial charge in [-0.1, -0.05) is 43.7 Å². The number of benzene rings is 1. The standard InChI is InChI=1S/C17H27NOS/c1-2-3-11-20(19)17-12-15(9-10-16(17)13-18)14-7-5-4-6-8-14/h4-8,15-17H,2-3,9-13,18H2,1H3. The molecule has 2 nitrogen and oxygen atoms in total. The predicted octanol–water partition coefficient (Wildman–Crippen LogP) is 3.45. The molecule has 2 rings (SSSR count). The zero-order valence-electron chi connectivity index (χ0n) is 12.5. The van der Waals surface area contributed by atoms with Gasteiger partial charge in [-0.15, -0.1) is 0 Å². The number of nitrogens with two attached hydrogens (primary N) is 1. The van der Waals surface area contributed by atoms with Crippen LogP contribution in [0.15, 0.2) is 30.3 Å². The van der Waals surface area contributed by atoms with Crippen LogP contribution in [0.5, 0.6) is 0 Å². The predicted molar refractivity (Wildman–Crippen MR) is 87.3 cm³/mol. The maximum Gasteiger partial charge on any atom is 0.0394 e. The van der Waals surface area contributed by atoms with E-state index in [0.29, 0.717) is 23.6 Å². The van der Waals surface area contributed by atoms with Gasteiger partial charge in [-0.3, -0.25) is 4.21 Å². The summed E-state index contributed by atoms with van der Waals surface area (Å²) in [6.45, 7) is 2.84. The molecule has 1 aromatic rings. The van der Waals surface area contributed by atoms with Crippen molar-refractivity contribution in [2.24, 2.45) is 11.7 Å². The molecule has 0 heterocycles. The molecule has 4 unspecified atom stereocenters. The third-order valence-electron chi connectivity index (χ3n) is 4.54. The Hall–Kier alpha value is -0.670. The Bertz CT molecular complexity index is 420. The van der Waals surface area contributed by atoms with Gasteiger partial charge in [-0.25, -0.2) is 0 Å². The molecule has 1 saturated carbocycles. The minimum Gasteiger partial charge on any atom is -0.330 e. The van der Waals surface area contributed by atoms with E-state index in [2.05, 4.69) is 37.3 Å². The summed E-state index contributed by atoms with van der Waals surface area (Å²) in [5.41, 5.74) is 7.31. The van der Waals surface area contributed by atoms with Crippen LogP contribution in [0, 0.1) is 5.92 Å². The van der Waals surface area contributed by atoms with Crippen LogP contribution in [0.2, 0.25) is 0 Å². The van der Waals surface area contributed by atoms with Crippen molar-refractivity contribution in [3.8, 4) is 0 Å². The molecule has 1 aliphatic rings. The molecule has 0 aliphatic heterocycles. The van der Waals surface area contributed by atoms with Crippen LogP contribution in [0.4, 0.5) is 0 Å². The Morgan fingerprint density at radius 2 is 2.00 bits per heavy atom. The summed E-state index contributed by atoms with van der Waals surface area (Å²) < 4.78 is 12.6. The molecule has 4 atom stereocenters. The molecule has 2 N–H and O–H groups in total. The van der Waals surface area contributed by atoms with Gasteiger partial charge in [0.2, 0.25) is 0 Å². The summed E-state index contributed by atoms with van der Waals surface area (Å²) in [4.78, 5) is 0. The SMILES string of the molecule is CCCCS(=O)C1CC(c2ccccc2)CCC1CN. The maximum absolute atomic E-state index is 12.6. The van der Waals surface area contributed by atoms with Gasteiger partial charge in [0, 0.05) is 21.8 Å². The van der Waals surface area contributed by atoms with Gasteiger partial charge in [-0.2, -0.15) is 0 Å². The molecule has 0 radical (unpaired) electrons. The maximum atomic E-state index is 12.6. The van der Waals surface area contributed by atoms with E-state index < -0.39 is 10.8 Å². The summed E-state index contributed by atoms with van der Waals surface area (Å²) in [6, 6.07) is 10.7. The van der Waals surface area contributed by atoms with Gasteiger partial charge in [-0.05, 0) is 49.6 Å². The van der Waals surface area contributed by atoms with Crippen LogP contribution in [-0.2, 0) is 10.8 Å². The highest BCUT2D eigenvalue weighted by Gasteiger charge is 2.33. The van der Waals surface area contributed by atoms with E-state index in [-0.39, 0.29) is 0 Å². The van der Waals surface area contributed by atoms with Crippen molar-refractivity contribution in [1.82, 2.24) is 0 Å². The Kier molecular flexibility index (Phi) is 6.24. The highest BCUT2D eigenvalue weighted by atomic mass is 32.2. The molecule has 1 fully saturated rings. The quantitative estimate of drug-likeness (QED) is 0.873. The minimum atomic E-state index is -0.711. The van der Waals surface area contributed by atoms with Gasteiger partial charge >= 0.3 is 0 Å². The van der Waals surface area contributed by atoms with E-state index in [0.717, 1.165) is 31.4 Å². The summed E-state index contributed by atoms with van der Waals surface area (Å²) in [5, 5.41) is 0.297. The first-order chi connectivity index (χ1) is 9.76. The van der Waals surface area contributed by atoms with E-state index in [9.17, 15) is 4.21 Å². The molecular weight excluding hydrogens is 266 g/mol. The first-order valence-corrected chi connectivity index (χ1v) is 9.26. The lowest BCUT2D eigenvalue weighted by Crippen LogP contribution is -2.37. The molecule has 0 amide bonds. The number of hydrogen-bond acceptors (Lipinski definition) is 2. The summed E-state index contributed by atoms with van der Waals surface area (Å²) in [6.07, 6.45) is 5.54. The normalized spacial score (nSPS) is 28.2. The average molecular weight is 293 g/mol. The second-order valence-electron chi connectivity index (χ2n) is 5.89. The number of rotatable bonds is 6. The molecule has 0 spiro atoms. The first kappa shape index (κ1) is 15.7. The smallest absolute Gasteiger partial charge is 0.0394 e. The third kappa shape index (κ3) is 3.92. The summed E-state index contributed by atoms with van der Waals surface area (Å²) in [7, 11) is -0.711. The molecule has 0 bridgehead atoms. The van der Waals surface area contributed by atoms with E-state index in [1.54, 1.807) is 0 Å². The molecule has 0 aromatic heterocycles. The Morgan fingerprint density at radius 1 is 1.25 bits per heavy atom. The van der Waals surface area contributed by atoms with Crippen LogP contribution in [0.3, 0.4) is 0 Å². The molecule has 20 heavy (non-hydrogen) atoms. The van der Waals surface area contributed by atoms with Crippen molar-refractivity contribution in [1.29, 1.82) is 0 Å². The fourth-order valence-corrected chi connectivity index (χ4v) is 5.25. The van der Waals surface area contributed by atoms with E-state index in [4.69, 9.17) is 5.73 Å². The Morgan fingerprint density at radius 3 is 2.65 bits per heavy atom. The highest BCUT2D eigenvalue weighted by molar-refractivity contribution is 7.85. The summed E-state index contributed by atoms with van der Waals surface area (Å²) in [5.74, 6) is 1.86. The van der Waals surface area contributed by atoms with Crippen LogP contribution in [0.25, 0.3) is 0 Å². The first-order valence-electron chi connectivity index (χ1n) is 7.88. The largest absolute Gasteiger partial charge is 0.330 e. The fourth-order valence-electron chi connectivity index (χ4n) is 3.25. The summed E-state index contributed by atoms with van der Waals surface area (Å²) >= 11 is 0. The number of unbranched alkanes of at least 4 members (excludes halogenated alkanes) is 1. The van der Waals surface area contributed by atoms with Crippen molar-refractivity contribution >= 4 is 10.8 Å². The lowest BCUT2D eigenvalue weighted by atomic mass is 9.78.